The van der Waals surface area contributed by atoms with Crippen LogP contribution in [0.3, 0.4) is 0 Å². The highest BCUT2D eigenvalue weighted by Crippen LogP contribution is 2.39. The van der Waals surface area contributed by atoms with Crippen LogP contribution >= 0.6 is 31.9 Å². The molecule has 0 aromatic heterocycles. The molecule has 0 rings (SSSR count). The van der Waals surface area contributed by atoms with Gasteiger partial charge in [-0.1, -0.05) is 15.9 Å². The molecule has 0 saturated heterocycles. The maximum absolute atomic E-state index is 12.4. The normalized spacial score (nSPS) is 21.9. The van der Waals surface area contributed by atoms with Gasteiger partial charge in [0.25, 0.3) is 0 Å². The summed E-state index contributed by atoms with van der Waals surface area (Å²) < 4.78 is 44.9. The fourth-order valence-electron chi connectivity index (χ4n) is 0.287. The Hall–Kier alpha value is 0.680. The first kappa shape index (κ1) is 10.7. The minimum absolute atomic E-state index is 0.792. The molecular formula is C4H4Br2F4. The van der Waals surface area contributed by atoms with Crippen LogP contribution in [0.15, 0.2) is 0 Å². The molecule has 6 heteroatoms. The Morgan fingerprint density at radius 3 is 1.50 bits per heavy atom. The van der Waals surface area contributed by atoms with Crippen molar-refractivity contribution in [1.82, 2.24) is 0 Å². The van der Waals surface area contributed by atoms with E-state index in [2.05, 4.69) is 31.9 Å². The molecule has 0 radical (unpaired) electrons. The van der Waals surface area contributed by atoms with Gasteiger partial charge in [-0.05, 0) is 22.9 Å². The highest BCUT2D eigenvalue weighted by molar-refractivity contribution is 9.12. The Morgan fingerprint density at radius 1 is 1.20 bits per heavy atom. The average Bonchev–Trinajstić information content (AvgIpc) is 1.59. The molecule has 0 spiro atoms. The first-order valence-electron chi connectivity index (χ1n) is 2.24. The molecule has 0 unspecified atom stereocenters. The molecule has 0 aromatic rings. The second-order valence-corrected chi connectivity index (χ2v) is 4.33. The van der Waals surface area contributed by atoms with E-state index >= 15 is 0 Å². The van der Waals surface area contributed by atoms with Gasteiger partial charge in [-0.2, -0.15) is 13.2 Å². The van der Waals surface area contributed by atoms with Gasteiger partial charge in [0.15, 0.2) is 9.41 Å². The third-order valence-corrected chi connectivity index (χ3v) is 3.18. The maximum atomic E-state index is 12.4. The van der Waals surface area contributed by atoms with Gasteiger partial charge < -0.3 is 0 Å². The summed E-state index contributed by atoms with van der Waals surface area (Å²) in [4.78, 5) is -2.17. The number of alkyl halides is 6. The number of halogens is 6. The standard InChI is InChI=1S/C4H4Br2F4/c1-3(6,7)2(5)4(8,9)10/h2H,1H3/t2-,3+/m1/s1. The Kier molecular flexibility index (Phi) is 3.17. The van der Waals surface area contributed by atoms with Gasteiger partial charge in [0.1, 0.15) is 0 Å². The van der Waals surface area contributed by atoms with Crippen LogP contribution in [0.2, 0.25) is 0 Å². The highest BCUT2D eigenvalue weighted by Gasteiger charge is 2.49. The van der Waals surface area contributed by atoms with Crippen molar-refractivity contribution < 1.29 is 17.6 Å². The van der Waals surface area contributed by atoms with Crippen LogP contribution in [-0.2, 0) is 0 Å². The van der Waals surface area contributed by atoms with Crippen LogP contribution in [0.1, 0.15) is 6.92 Å². The first-order valence-corrected chi connectivity index (χ1v) is 3.95. The fraction of sp³-hybridized carbons (Fsp3) is 1.00. The molecule has 0 aliphatic heterocycles. The van der Waals surface area contributed by atoms with E-state index in [1.807, 2.05) is 0 Å². The van der Waals surface area contributed by atoms with Crippen LogP contribution < -0.4 is 0 Å². The van der Waals surface area contributed by atoms with E-state index in [9.17, 15) is 17.6 Å². The number of hydrogen-bond donors (Lipinski definition) is 0. The molecular weight excluding hydrogens is 284 g/mol. The van der Waals surface area contributed by atoms with E-state index in [0.29, 0.717) is 0 Å². The highest BCUT2D eigenvalue weighted by atomic mass is 79.9. The maximum Gasteiger partial charge on any atom is 0.405 e. The van der Waals surface area contributed by atoms with E-state index in [0.717, 1.165) is 6.92 Å². The van der Waals surface area contributed by atoms with Crippen molar-refractivity contribution in [2.75, 3.05) is 0 Å². The third kappa shape index (κ3) is 3.18. The lowest BCUT2D eigenvalue weighted by molar-refractivity contribution is -0.139. The lowest BCUT2D eigenvalue weighted by Crippen LogP contribution is -2.36. The van der Waals surface area contributed by atoms with Crippen molar-refractivity contribution in [2.45, 2.75) is 22.5 Å². The van der Waals surface area contributed by atoms with Gasteiger partial charge in [-0.15, -0.1) is 0 Å². The smallest absolute Gasteiger partial charge is 0.230 e. The molecule has 0 heterocycles. The van der Waals surface area contributed by atoms with Crippen LogP contribution in [0, 0.1) is 0 Å². The van der Waals surface area contributed by atoms with Crippen LogP contribution in [-0.4, -0.2) is 15.6 Å². The topological polar surface area (TPSA) is 0 Å². The Balaban J connectivity index is 4.23. The molecule has 0 N–H and O–H groups in total. The molecule has 62 valence electrons. The second-order valence-electron chi connectivity index (χ2n) is 1.86. The molecule has 2 atom stereocenters. The quantitative estimate of drug-likeness (QED) is 0.512. The lowest BCUT2D eigenvalue weighted by atomic mass is 10.3. The van der Waals surface area contributed by atoms with Gasteiger partial charge >= 0.3 is 6.18 Å². The Morgan fingerprint density at radius 2 is 1.50 bits per heavy atom. The van der Waals surface area contributed by atoms with Crippen LogP contribution in [0.5, 0.6) is 0 Å². The summed E-state index contributed by atoms with van der Waals surface area (Å²) in [6.07, 6.45) is -4.56. The summed E-state index contributed by atoms with van der Waals surface area (Å²) in [7, 11) is 0. The van der Waals surface area contributed by atoms with Crippen LogP contribution in [0.25, 0.3) is 0 Å². The van der Waals surface area contributed by atoms with Gasteiger partial charge in [0.05, 0.1) is 0 Å². The van der Waals surface area contributed by atoms with Gasteiger partial charge in [-0.25, -0.2) is 4.39 Å². The summed E-state index contributed by atoms with van der Waals surface area (Å²) >= 11 is 4.42. The average molecular weight is 288 g/mol. The third-order valence-electron chi connectivity index (χ3n) is 0.732. The van der Waals surface area contributed by atoms with E-state index < -0.39 is 15.6 Å². The van der Waals surface area contributed by atoms with Crippen molar-refractivity contribution in [3.8, 4) is 0 Å². The van der Waals surface area contributed by atoms with Crippen molar-refractivity contribution >= 4 is 31.9 Å². The van der Waals surface area contributed by atoms with E-state index in [1.165, 1.54) is 0 Å². The summed E-state index contributed by atoms with van der Waals surface area (Å²) in [6, 6.07) is 0. The number of rotatable bonds is 1. The SMILES string of the molecule is C[C@@](F)(Br)[C@@H](Br)C(F)(F)F. The zero-order chi connectivity index (χ0) is 8.58. The predicted octanol–water partition coefficient (Wildman–Crippen LogP) is 3.39. The van der Waals surface area contributed by atoms with Crippen molar-refractivity contribution in [3.63, 3.8) is 0 Å². The zero-order valence-corrected chi connectivity index (χ0v) is 8.02. The van der Waals surface area contributed by atoms with E-state index in [4.69, 9.17) is 0 Å². The minimum atomic E-state index is -4.56. The summed E-state index contributed by atoms with van der Waals surface area (Å²) in [5.74, 6) is 0. The Bertz CT molecular complexity index is 99.4. The van der Waals surface area contributed by atoms with Crippen LogP contribution in [0.4, 0.5) is 17.6 Å². The van der Waals surface area contributed by atoms with E-state index in [1.54, 1.807) is 0 Å². The molecule has 0 aliphatic rings. The van der Waals surface area contributed by atoms with Gasteiger partial charge in [-0.3, -0.25) is 0 Å². The fourth-order valence-corrected chi connectivity index (χ4v) is 0.547. The largest absolute Gasteiger partial charge is 0.405 e. The molecule has 0 bridgehead atoms. The second kappa shape index (κ2) is 2.97. The molecule has 0 fully saturated rings. The predicted molar refractivity (Wildman–Crippen MR) is 37.2 cm³/mol. The molecule has 0 aromatic carbocycles. The zero-order valence-electron chi connectivity index (χ0n) is 4.85. The van der Waals surface area contributed by atoms with Gasteiger partial charge in [0.2, 0.25) is 0 Å². The van der Waals surface area contributed by atoms with Gasteiger partial charge in [0, 0.05) is 0 Å². The summed E-state index contributed by atoms with van der Waals surface area (Å²) in [5, 5.41) is 0. The lowest BCUT2D eigenvalue weighted by Gasteiger charge is -2.21. The van der Waals surface area contributed by atoms with Crippen molar-refractivity contribution in [3.05, 3.63) is 0 Å². The minimum Gasteiger partial charge on any atom is -0.230 e. The first-order chi connectivity index (χ1) is 4.15. The molecule has 10 heavy (non-hydrogen) atoms. The van der Waals surface area contributed by atoms with Crippen molar-refractivity contribution in [2.24, 2.45) is 0 Å². The van der Waals surface area contributed by atoms with Crippen molar-refractivity contribution in [1.29, 1.82) is 0 Å². The Labute approximate surface area is 72.2 Å². The molecule has 0 nitrogen and oxygen atoms in total. The number of hydrogen-bond acceptors (Lipinski definition) is 0. The van der Waals surface area contributed by atoms with E-state index in [-0.39, 0.29) is 0 Å². The molecule has 0 aliphatic carbocycles. The summed E-state index contributed by atoms with van der Waals surface area (Å²) in [5.41, 5.74) is 0. The molecule has 0 amide bonds. The summed E-state index contributed by atoms with van der Waals surface area (Å²) in [6.45, 7) is 0.792. The monoisotopic (exact) mass is 286 g/mol. The molecule has 0 saturated carbocycles.